The van der Waals surface area contributed by atoms with E-state index in [9.17, 15) is 9.18 Å². The van der Waals surface area contributed by atoms with Crippen molar-refractivity contribution in [1.29, 1.82) is 0 Å². The summed E-state index contributed by atoms with van der Waals surface area (Å²) in [5.41, 5.74) is 0.940. The van der Waals surface area contributed by atoms with E-state index in [1.54, 1.807) is 12.1 Å². The summed E-state index contributed by atoms with van der Waals surface area (Å²) in [5, 5.41) is 6.60. The summed E-state index contributed by atoms with van der Waals surface area (Å²) in [6, 6.07) is 7.37. The number of nitrogens with one attached hydrogen (secondary N) is 2. The highest BCUT2D eigenvalue weighted by molar-refractivity contribution is 5.79. The molecule has 1 amide bonds. The molecule has 2 aliphatic rings. The Kier molecular flexibility index (Phi) is 5.54. The van der Waals surface area contributed by atoms with Gasteiger partial charge in [0.1, 0.15) is 5.82 Å². The molecule has 1 heterocycles. The average Bonchev–Trinajstić information content (AvgIpc) is 2.60. The van der Waals surface area contributed by atoms with E-state index in [1.165, 1.54) is 12.5 Å². The van der Waals surface area contributed by atoms with Crippen LogP contribution in [0.15, 0.2) is 24.3 Å². The highest BCUT2D eigenvalue weighted by atomic mass is 19.1. The van der Waals surface area contributed by atoms with Crippen LogP contribution < -0.4 is 10.6 Å². The molecule has 2 N–H and O–H groups in total. The number of benzene rings is 1. The molecule has 0 spiro atoms. The molecule has 4 heteroatoms. The van der Waals surface area contributed by atoms with E-state index < -0.39 is 0 Å². The second-order valence-electron chi connectivity index (χ2n) is 7.65. The van der Waals surface area contributed by atoms with Crippen molar-refractivity contribution in [2.45, 2.75) is 63.3 Å². The summed E-state index contributed by atoms with van der Waals surface area (Å²) in [7, 11) is 0. The Morgan fingerprint density at radius 2 is 2.12 bits per heavy atom. The maximum Gasteiger partial charge on any atom is 0.223 e. The van der Waals surface area contributed by atoms with Crippen LogP contribution in [0.4, 0.5) is 4.39 Å². The van der Waals surface area contributed by atoms with E-state index in [1.807, 2.05) is 6.07 Å². The van der Waals surface area contributed by atoms with Crippen LogP contribution in [0.5, 0.6) is 0 Å². The van der Waals surface area contributed by atoms with Crippen LogP contribution in [0.1, 0.15) is 57.4 Å². The smallest absolute Gasteiger partial charge is 0.223 e. The van der Waals surface area contributed by atoms with Gasteiger partial charge in [0.05, 0.1) is 0 Å². The van der Waals surface area contributed by atoms with Crippen molar-refractivity contribution in [1.82, 2.24) is 10.6 Å². The van der Waals surface area contributed by atoms with Crippen LogP contribution in [0, 0.1) is 11.7 Å². The van der Waals surface area contributed by atoms with Gasteiger partial charge in [0.15, 0.2) is 0 Å². The Bertz CT molecular complexity index is 569. The molecule has 3 rings (SSSR count). The minimum atomic E-state index is -0.184. The molecule has 1 aromatic rings. The monoisotopic (exact) mass is 332 g/mol. The predicted molar refractivity (Wildman–Crippen MR) is 94.4 cm³/mol. The first-order valence-corrected chi connectivity index (χ1v) is 9.36. The zero-order valence-corrected chi connectivity index (χ0v) is 14.6. The van der Waals surface area contributed by atoms with E-state index in [0.717, 1.165) is 50.6 Å². The Labute approximate surface area is 144 Å². The first-order valence-electron chi connectivity index (χ1n) is 9.36. The van der Waals surface area contributed by atoms with Gasteiger partial charge in [-0.1, -0.05) is 31.4 Å². The second-order valence-corrected chi connectivity index (χ2v) is 7.65. The number of carbonyl (C=O) groups is 1. The minimum absolute atomic E-state index is 0.103. The molecule has 2 atom stereocenters. The molecule has 0 aromatic heterocycles. The number of hydrogen-bond acceptors (Lipinski definition) is 2. The van der Waals surface area contributed by atoms with E-state index in [2.05, 4.69) is 17.6 Å². The zero-order valence-electron chi connectivity index (χ0n) is 14.6. The molecular formula is C20H29FN2O. The lowest BCUT2D eigenvalue weighted by atomic mass is 9.69. The van der Waals surface area contributed by atoms with Gasteiger partial charge in [-0.15, -0.1) is 0 Å². The summed E-state index contributed by atoms with van der Waals surface area (Å²) >= 11 is 0. The van der Waals surface area contributed by atoms with E-state index in [4.69, 9.17) is 0 Å². The van der Waals surface area contributed by atoms with Crippen LogP contribution >= 0.6 is 0 Å². The van der Waals surface area contributed by atoms with E-state index in [0.29, 0.717) is 12.6 Å². The van der Waals surface area contributed by atoms with Gasteiger partial charge in [0, 0.05) is 23.9 Å². The molecule has 1 saturated heterocycles. The van der Waals surface area contributed by atoms with Gasteiger partial charge in [-0.25, -0.2) is 4.39 Å². The fourth-order valence-corrected chi connectivity index (χ4v) is 4.39. The molecule has 0 radical (unpaired) electrons. The minimum Gasteiger partial charge on any atom is -0.355 e. The third kappa shape index (κ3) is 3.97. The third-order valence-electron chi connectivity index (χ3n) is 5.84. The van der Waals surface area contributed by atoms with Crippen LogP contribution in [-0.2, 0) is 10.2 Å². The van der Waals surface area contributed by atoms with Gasteiger partial charge in [-0.2, -0.15) is 0 Å². The Morgan fingerprint density at radius 3 is 2.83 bits per heavy atom. The zero-order chi connectivity index (χ0) is 17.0. The van der Waals surface area contributed by atoms with Crippen molar-refractivity contribution in [3.63, 3.8) is 0 Å². The molecule has 3 nitrogen and oxygen atoms in total. The first-order chi connectivity index (χ1) is 11.6. The van der Waals surface area contributed by atoms with E-state index in [-0.39, 0.29) is 23.1 Å². The largest absolute Gasteiger partial charge is 0.355 e. The number of carbonyl (C=O) groups excluding carboxylic acids is 1. The van der Waals surface area contributed by atoms with Gasteiger partial charge in [0.2, 0.25) is 5.91 Å². The lowest BCUT2D eigenvalue weighted by Crippen LogP contribution is -2.47. The summed E-state index contributed by atoms with van der Waals surface area (Å²) in [6.07, 6.45) is 7.39. The van der Waals surface area contributed by atoms with Crippen LogP contribution in [0.3, 0.4) is 0 Å². The molecular weight excluding hydrogens is 303 g/mol. The highest BCUT2D eigenvalue weighted by Gasteiger charge is 2.35. The molecule has 0 unspecified atom stereocenters. The van der Waals surface area contributed by atoms with Crippen molar-refractivity contribution in [3.05, 3.63) is 35.6 Å². The molecule has 1 aliphatic heterocycles. The summed E-state index contributed by atoms with van der Waals surface area (Å²) in [6.45, 7) is 3.68. The second kappa shape index (κ2) is 7.64. The van der Waals surface area contributed by atoms with Crippen molar-refractivity contribution in [2.24, 2.45) is 5.92 Å². The maximum atomic E-state index is 13.7. The molecule has 0 bridgehead atoms. The summed E-state index contributed by atoms with van der Waals surface area (Å²) < 4.78 is 13.7. The average molecular weight is 332 g/mol. The summed E-state index contributed by atoms with van der Waals surface area (Å²) in [5.74, 6) is 0.0926. The Morgan fingerprint density at radius 1 is 1.33 bits per heavy atom. The normalized spacial score (nSPS) is 26.8. The fourth-order valence-electron chi connectivity index (χ4n) is 4.39. The van der Waals surface area contributed by atoms with Crippen molar-refractivity contribution < 1.29 is 9.18 Å². The number of piperidine rings is 1. The lowest BCUT2D eigenvalue weighted by Gasteiger charge is -2.39. The van der Waals surface area contributed by atoms with Crippen LogP contribution in [0.25, 0.3) is 0 Å². The molecule has 24 heavy (non-hydrogen) atoms. The molecule has 1 aliphatic carbocycles. The third-order valence-corrected chi connectivity index (χ3v) is 5.84. The van der Waals surface area contributed by atoms with Gasteiger partial charge < -0.3 is 10.6 Å². The quantitative estimate of drug-likeness (QED) is 0.885. The highest BCUT2D eigenvalue weighted by Crippen LogP contribution is 2.39. The van der Waals surface area contributed by atoms with Crippen molar-refractivity contribution in [2.75, 3.05) is 13.1 Å². The van der Waals surface area contributed by atoms with Crippen LogP contribution in [-0.4, -0.2) is 25.0 Å². The number of halogens is 1. The Balaban J connectivity index is 1.69. The number of hydrogen-bond donors (Lipinski definition) is 2. The SMILES string of the molecule is C[C@H]1C[C@@H](C(=O)NCC2(c3cccc(F)c3)CCCCC2)CCN1. The maximum absolute atomic E-state index is 13.7. The van der Waals surface area contributed by atoms with Gasteiger partial charge in [-0.3, -0.25) is 4.79 Å². The fraction of sp³-hybridized carbons (Fsp3) is 0.650. The Hall–Kier alpha value is -1.42. The predicted octanol–water partition coefficient (Wildman–Crippen LogP) is 3.53. The van der Waals surface area contributed by atoms with Gasteiger partial charge >= 0.3 is 0 Å². The molecule has 2 fully saturated rings. The lowest BCUT2D eigenvalue weighted by molar-refractivity contribution is -0.126. The van der Waals surface area contributed by atoms with Crippen molar-refractivity contribution >= 4 is 5.91 Å². The molecule has 1 aromatic carbocycles. The molecule has 1 saturated carbocycles. The standard InChI is InChI=1S/C20H29FN2O/c1-15-12-16(8-11-22-15)19(24)23-14-20(9-3-2-4-10-20)17-6-5-7-18(21)13-17/h5-7,13,15-16,22H,2-4,8-12,14H2,1H3,(H,23,24)/t15-,16-/m0/s1. The van der Waals surface area contributed by atoms with Crippen LogP contribution in [0.2, 0.25) is 0 Å². The molecule has 132 valence electrons. The number of rotatable bonds is 4. The number of amides is 1. The first kappa shape index (κ1) is 17.4. The summed E-state index contributed by atoms with van der Waals surface area (Å²) in [4.78, 5) is 12.6. The topological polar surface area (TPSA) is 41.1 Å². The van der Waals surface area contributed by atoms with Gasteiger partial charge in [0.25, 0.3) is 0 Å². The van der Waals surface area contributed by atoms with Crippen molar-refractivity contribution in [3.8, 4) is 0 Å². The van der Waals surface area contributed by atoms with Gasteiger partial charge in [-0.05, 0) is 56.8 Å². The van der Waals surface area contributed by atoms with E-state index >= 15 is 0 Å².